The molecule has 0 saturated heterocycles. The Hall–Kier alpha value is -0.850. The molecule has 1 heterocycles. The lowest BCUT2D eigenvalue weighted by molar-refractivity contribution is -0.697. The molecule has 0 fully saturated rings. The average molecular weight is 305 g/mol. The maximum Gasteiger partial charge on any atom is 0.169 e. The van der Waals surface area contributed by atoms with Crippen LogP contribution in [0.25, 0.3) is 0 Å². The van der Waals surface area contributed by atoms with E-state index in [4.69, 9.17) is 0 Å². The van der Waals surface area contributed by atoms with Gasteiger partial charge in [-0.15, -0.1) is 0 Å². The fourth-order valence-corrected chi connectivity index (χ4v) is 2.99. The van der Waals surface area contributed by atoms with Gasteiger partial charge in [-0.3, -0.25) is 0 Å². The van der Waals surface area contributed by atoms with E-state index in [-0.39, 0.29) is 0 Å². The van der Waals surface area contributed by atoms with Crippen LogP contribution in [0.3, 0.4) is 0 Å². The zero-order valence-electron chi connectivity index (χ0n) is 15.2. The largest absolute Gasteiger partial charge is 0.205 e. The molecule has 0 aliphatic carbocycles. The van der Waals surface area contributed by atoms with Crippen molar-refractivity contribution in [3.8, 4) is 0 Å². The van der Waals surface area contributed by atoms with Gasteiger partial charge in [0.2, 0.25) is 0 Å². The first-order valence-corrected chi connectivity index (χ1v) is 9.84. The summed E-state index contributed by atoms with van der Waals surface area (Å²) in [7, 11) is 0. The van der Waals surface area contributed by atoms with Crippen LogP contribution in [0.4, 0.5) is 0 Å². The molecule has 0 radical (unpaired) electrons. The van der Waals surface area contributed by atoms with Crippen LogP contribution < -0.4 is 4.57 Å². The maximum absolute atomic E-state index is 2.35. The van der Waals surface area contributed by atoms with Crippen LogP contribution in [-0.2, 0) is 13.0 Å². The summed E-state index contributed by atoms with van der Waals surface area (Å²) in [6.07, 6.45) is 22.4. The van der Waals surface area contributed by atoms with Gasteiger partial charge in [0.1, 0.15) is 6.54 Å². The molecule has 1 heteroatoms. The third kappa shape index (κ3) is 9.97. The fourth-order valence-electron chi connectivity index (χ4n) is 2.99. The van der Waals surface area contributed by atoms with Gasteiger partial charge in [-0.2, -0.15) is 0 Å². The normalized spacial score (nSPS) is 11.0. The SMILES string of the molecule is CCCCCCCCC[n+]1ccc(CCCCCCC)cc1. The van der Waals surface area contributed by atoms with E-state index >= 15 is 0 Å². The monoisotopic (exact) mass is 304 g/mol. The second-order valence-corrected chi connectivity index (χ2v) is 6.73. The molecule has 0 aliphatic rings. The van der Waals surface area contributed by atoms with Crippen molar-refractivity contribution in [3.63, 3.8) is 0 Å². The van der Waals surface area contributed by atoms with Gasteiger partial charge in [0.25, 0.3) is 0 Å². The van der Waals surface area contributed by atoms with Gasteiger partial charge in [-0.1, -0.05) is 71.6 Å². The molecule has 126 valence electrons. The van der Waals surface area contributed by atoms with Crippen molar-refractivity contribution in [3.05, 3.63) is 30.1 Å². The molecule has 0 spiro atoms. The Morgan fingerprint density at radius 3 is 1.73 bits per heavy atom. The van der Waals surface area contributed by atoms with Crippen LogP contribution in [0, 0.1) is 0 Å². The highest BCUT2D eigenvalue weighted by Crippen LogP contribution is 2.08. The molecule has 0 amide bonds. The molecule has 0 N–H and O–H groups in total. The minimum atomic E-state index is 1.19. The van der Waals surface area contributed by atoms with Crippen molar-refractivity contribution in [2.75, 3.05) is 0 Å². The van der Waals surface area contributed by atoms with Gasteiger partial charge in [0.15, 0.2) is 12.4 Å². The fraction of sp³-hybridized carbons (Fsp3) is 0.762. The predicted octanol–water partition coefficient (Wildman–Crippen LogP) is 6.24. The van der Waals surface area contributed by atoms with Gasteiger partial charge in [0, 0.05) is 18.6 Å². The molecule has 1 nitrogen and oxygen atoms in total. The molecule has 0 bridgehead atoms. The Kier molecular flexibility index (Phi) is 12.0. The number of hydrogen-bond donors (Lipinski definition) is 0. The van der Waals surface area contributed by atoms with E-state index in [9.17, 15) is 0 Å². The standard InChI is InChI=1S/C21H38N/c1-3-5-7-9-10-12-14-18-22-19-16-21(17-20-22)15-13-11-8-6-4-2/h16-17,19-20H,3-15,18H2,1-2H3/q+1. The molecule has 0 aliphatic heterocycles. The van der Waals surface area contributed by atoms with Crippen molar-refractivity contribution in [1.29, 1.82) is 0 Å². The van der Waals surface area contributed by atoms with Crippen molar-refractivity contribution in [2.24, 2.45) is 0 Å². The number of aromatic nitrogens is 1. The summed E-state index contributed by atoms with van der Waals surface area (Å²) in [5.74, 6) is 0. The summed E-state index contributed by atoms with van der Waals surface area (Å²) in [5, 5.41) is 0. The lowest BCUT2D eigenvalue weighted by atomic mass is 10.1. The third-order valence-corrected chi connectivity index (χ3v) is 4.55. The van der Waals surface area contributed by atoms with Gasteiger partial charge in [-0.05, 0) is 24.8 Å². The van der Waals surface area contributed by atoms with Gasteiger partial charge < -0.3 is 0 Å². The highest BCUT2D eigenvalue weighted by molar-refractivity contribution is 5.07. The third-order valence-electron chi connectivity index (χ3n) is 4.55. The molecule has 1 aromatic heterocycles. The van der Waals surface area contributed by atoms with Crippen molar-refractivity contribution in [1.82, 2.24) is 0 Å². The van der Waals surface area contributed by atoms with E-state index < -0.39 is 0 Å². The predicted molar refractivity (Wildman–Crippen MR) is 97.1 cm³/mol. The number of aryl methyl sites for hydroxylation is 2. The van der Waals surface area contributed by atoms with Gasteiger partial charge >= 0.3 is 0 Å². The van der Waals surface area contributed by atoms with E-state index in [1.807, 2.05) is 0 Å². The number of rotatable bonds is 14. The minimum absolute atomic E-state index is 1.19. The number of unbranched alkanes of at least 4 members (excludes halogenated alkanes) is 10. The van der Waals surface area contributed by atoms with E-state index in [2.05, 4.69) is 42.9 Å². The van der Waals surface area contributed by atoms with Crippen molar-refractivity contribution in [2.45, 2.75) is 104 Å². The summed E-state index contributed by atoms with van der Waals surface area (Å²) >= 11 is 0. The Morgan fingerprint density at radius 2 is 1.14 bits per heavy atom. The average Bonchev–Trinajstić information content (AvgIpc) is 2.55. The van der Waals surface area contributed by atoms with Crippen molar-refractivity contribution < 1.29 is 4.57 Å². The first-order chi connectivity index (χ1) is 10.9. The molecule has 0 saturated carbocycles. The van der Waals surface area contributed by atoms with Crippen LogP contribution in [-0.4, -0.2) is 0 Å². The number of hydrogen-bond acceptors (Lipinski definition) is 0. The van der Waals surface area contributed by atoms with Crippen LogP contribution in [0.2, 0.25) is 0 Å². The summed E-state index contributed by atoms with van der Waals surface area (Å²) in [6, 6.07) is 4.64. The van der Waals surface area contributed by atoms with Crippen LogP contribution >= 0.6 is 0 Å². The smallest absolute Gasteiger partial charge is 0.169 e. The lowest BCUT2D eigenvalue weighted by Crippen LogP contribution is -2.32. The number of pyridine rings is 1. The molecule has 0 unspecified atom stereocenters. The summed E-state index contributed by atoms with van der Waals surface area (Å²) in [6.45, 7) is 5.75. The molecule has 22 heavy (non-hydrogen) atoms. The lowest BCUT2D eigenvalue weighted by Gasteiger charge is -2.02. The van der Waals surface area contributed by atoms with Gasteiger partial charge in [0.05, 0.1) is 0 Å². The molecule has 1 aromatic rings. The number of nitrogens with zero attached hydrogens (tertiary/aromatic N) is 1. The first kappa shape index (κ1) is 19.2. The topological polar surface area (TPSA) is 3.88 Å². The second-order valence-electron chi connectivity index (χ2n) is 6.73. The summed E-state index contributed by atoms with van der Waals surface area (Å²) in [5.41, 5.74) is 1.51. The Balaban J connectivity index is 2.06. The zero-order valence-corrected chi connectivity index (χ0v) is 15.2. The van der Waals surface area contributed by atoms with Crippen molar-refractivity contribution >= 4 is 0 Å². The van der Waals surface area contributed by atoms with E-state index in [0.717, 1.165) is 0 Å². The summed E-state index contributed by atoms with van der Waals surface area (Å²) in [4.78, 5) is 0. The molecule has 1 rings (SSSR count). The Bertz CT molecular complexity index is 341. The second kappa shape index (κ2) is 13.8. The Morgan fingerprint density at radius 1 is 0.636 bits per heavy atom. The highest BCUT2D eigenvalue weighted by atomic mass is 14.9. The molecular weight excluding hydrogens is 266 g/mol. The molecular formula is C21H38N+. The van der Waals surface area contributed by atoms with Crippen LogP contribution in [0.1, 0.15) is 96.5 Å². The zero-order chi connectivity index (χ0) is 15.9. The van der Waals surface area contributed by atoms with Gasteiger partial charge in [-0.25, -0.2) is 4.57 Å². The first-order valence-electron chi connectivity index (χ1n) is 9.84. The Labute approximate surface area is 139 Å². The maximum atomic E-state index is 2.35. The van der Waals surface area contributed by atoms with Crippen LogP contribution in [0.15, 0.2) is 24.5 Å². The van der Waals surface area contributed by atoms with E-state index in [0.29, 0.717) is 0 Å². The summed E-state index contributed by atoms with van der Waals surface area (Å²) < 4.78 is 2.35. The quantitative estimate of drug-likeness (QED) is 0.283. The van der Waals surface area contributed by atoms with E-state index in [1.165, 1.54) is 95.6 Å². The highest BCUT2D eigenvalue weighted by Gasteiger charge is 2.01. The van der Waals surface area contributed by atoms with Crippen LogP contribution in [0.5, 0.6) is 0 Å². The minimum Gasteiger partial charge on any atom is -0.205 e. The molecule has 0 aromatic carbocycles. The van der Waals surface area contributed by atoms with E-state index in [1.54, 1.807) is 0 Å². The molecule has 0 atom stereocenters.